The van der Waals surface area contributed by atoms with Crippen molar-refractivity contribution in [3.63, 3.8) is 0 Å². The van der Waals surface area contributed by atoms with Gasteiger partial charge in [-0.1, -0.05) is 23.7 Å². The van der Waals surface area contributed by atoms with E-state index in [-0.39, 0.29) is 0 Å². The summed E-state index contributed by atoms with van der Waals surface area (Å²) in [5.41, 5.74) is 0.856. The minimum absolute atomic E-state index is 0.723. The predicted molar refractivity (Wildman–Crippen MR) is 46.0 cm³/mol. The number of benzene rings is 1. The van der Waals surface area contributed by atoms with Gasteiger partial charge in [-0.25, -0.2) is 0 Å². The fourth-order valence-corrected chi connectivity index (χ4v) is 1.33. The smallest absolute Gasteiger partial charge is 0.135 e. The highest BCUT2D eigenvalue weighted by atomic mass is 35.5. The quantitative estimate of drug-likeness (QED) is 0.585. The molecule has 0 radical (unpaired) electrons. The van der Waals surface area contributed by atoms with Gasteiger partial charge in [-0.2, -0.15) is 0 Å². The number of hydrogen-bond acceptors (Lipinski definition) is 1. The van der Waals surface area contributed by atoms with Crippen molar-refractivity contribution < 1.29 is 4.42 Å². The van der Waals surface area contributed by atoms with Gasteiger partial charge in [0.1, 0.15) is 11.3 Å². The summed E-state index contributed by atoms with van der Waals surface area (Å²) in [6.07, 6.45) is 0. The molecule has 1 aromatic carbocycles. The van der Waals surface area contributed by atoms with E-state index in [4.69, 9.17) is 16.0 Å². The Labute approximate surface area is 69.6 Å². The van der Waals surface area contributed by atoms with Crippen LogP contribution < -0.4 is 0 Å². The summed E-state index contributed by atoms with van der Waals surface area (Å²) in [6, 6.07) is 7.74. The van der Waals surface area contributed by atoms with Gasteiger partial charge in [-0.15, -0.1) is 0 Å². The lowest BCUT2D eigenvalue weighted by Crippen LogP contribution is -1.61. The van der Waals surface area contributed by atoms with Crippen LogP contribution >= 0.6 is 11.6 Å². The van der Waals surface area contributed by atoms with E-state index in [1.54, 1.807) is 0 Å². The fraction of sp³-hybridized carbons (Fsp3) is 0.111. The monoisotopic (exact) mass is 166 g/mol. The maximum Gasteiger partial charge on any atom is 0.135 e. The number of halogens is 1. The first-order chi connectivity index (χ1) is 5.29. The molecule has 1 heterocycles. The van der Waals surface area contributed by atoms with E-state index < -0.39 is 0 Å². The van der Waals surface area contributed by atoms with Crippen molar-refractivity contribution in [3.05, 3.63) is 35.0 Å². The summed E-state index contributed by atoms with van der Waals surface area (Å²) in [6.45, 7) is 1.86. The third kappa shape index (κ3) is 0.925. The fourth-order valence-electron chi connectivity index (χ4n) is 1.14. The Kier molecular flexibility index (Phi) is 1.40. The van der Waals surface area contributed by atoms with Gasteiger partial charge >= 0.3 is 0 Å². The van der Waals surface area contributed by atoms with Crippen molar-refractivity contribution in [2.75, 3.05) is 0 Å². The van der Waals surface area contributed by atoms with Crippen LogP contribution in [0.25, 0.3) is 11.0 Å². The second kappa shape index (κ2) is 2.28. The first kappa shape index (κ1) is 6.74. The molecule has 0 unspecified atom stereocenters. The standard InChI is InChI=1S/C9H7ClO/c1-6-9(10)7-4-2-3-5-8(7)11-6/h2-5H,1H3. The van der Waals surface area contributed by atoms with Gasteiger partial charge in [0.05, 0.1) is 5.02 Å². The Hall–Kier alpha value is -0.950. The van der Waals surface area contributed by atoms with E-state index in [9.17, 15) is 0 Å². The molecule has 1 aromatic heterocycles. The molecule has 0 N–H and O–H groups in total. The van der Waals surface area contributed by atoms with Crippen LogP contribution in [0.15, 0.2) is 28.7 Å². The highest BCUT2D eigenvalue weighted by molar-refractivity contribution is 6.36. The van der Waals surface area contributed by atoms with Gasteiger partial charge in [-0.05, 0) is 19.1 Å². The molecule has 0 saturated carbocycles. The molecule has 2 heteroatoms. The number of fused-ring (bicyclic) bond motifs is 1. The zero-order chi connectivity index (χ0) is 7.84. The molecule has 0 fully saturated rings. The number of furan rings is 1. The highest BCUT2D eigenvalue weighted by Gasteiger charge is 2.05. The molecular formula is C9H7ClO. The first-order valence-electron chi connectivity index (χ1n) is 3.42. The lowest BCUT2D eigenvalue weighted by molar-refractivity contribution is 0.579. The van der Waals surface area contributed by atoms with Gasteiger partial charge in [0, 0.05) is 5.39 Å². The van der Waals surface area contributed by atoms with Gasteiger partial charge in [0.15, 0.2) is 0 Å². The molecule has 0 aliphatic carbocycles. The Morgan fingerprint density at radius 2 is 2.00 bits per heavy atom. The number of rotatable bonds is 0. The largest absolute Gasteiger partial charge is 0.460 e. The number of para-hydroxylation sites is 1. The van der Waals surface area contributed by atoms with Crippen LogP contribution in [0.4, 0.5) is 0 Å². The van der Waals surface area contributed by atoms with Gasteiger partial charge in [-0.3, -0.25) is 0 Å². The number of aryl methyl sites for hydroxylation is 1. The zero-order valence-corrected chi connectivity index (χ0v) is 6.85. The van der Waals surface area contributed by atoms with Gasteiger partial charge < -0.3 is 4.42 Å². The molecule has 2 aromatic rings. The third-order valence-corrected chi connectivity index (χ3v) is 2.17. The van der Waals surface area contributed by atoms with E-state index in [0.29, 0.717) is 0 Å². The summed E-state index contributed by atoms with van der Waals surface area (Å²) in [7, 11) is 0. The summed E-state index contributed by atoms with van der Waals surface area (Å²) < 4.78 is 5.37. The molecule has 11 heavy (non-hydrogen) atoms. The second-order valence-corrected chi connectivity index (χ2v) is 2.85. The molecule has 2 rings (SSSR count). The van der Waals surface area contributed by atoms with E-state index in [1.165, 1.54) is 0 Å². The van der Waals surface area contributed by atoms with Crippen molar-refractivity contribution >= 4 is 22.6 Å². The normalized spacial score (nSPS) is 10.7. The van der Waals surface area contributed by atoms with Crippen LogP contribution in [0.3, 0.4) is 0 Å². The van der Waals surface area contributed by atoms with Crippen LogP contribution in [0.5, 0.6) is 0 Å². The average molecular weight is 167 g/mol. The maximum absolute atomic E-state index is 5.95. The minimum atomic E-state index is 0.723. The molecule has 1 nitrogen and oxygen atoms in total. The van der Waals surface area contributed by atoms with Crippen LogP contribution in [-0.2, 0) is 0 Å². The molecule has 0 aliphatic heterocycles. The van der Waals surface area contributed by atoms with Crippen molar-refractivity contribution in [1.29, 1.82) is 0 Å². The van der Waals surface area contributed by atoms with Crippen LogP contribution in [-0.4, -0.2) is 0 Å². The zero-order valence-electron chi connectivity index (χ0n) is 6.10. The Morgan fingerprint density at radius 3 is 2.73 bits per heavy atom. The Bertz CT molecular complexity index is 389. The predicted octanol–water partition coefficient (Wildman–Crippen LogP) is 3.39. The second-order valence-electron chi connectivity index (χ2n) is 2.47. The minimum Gasteiger partial charge on any atom is -0.460 e. The van der Waals surface area contributed by atoms with Crippen LogP contribution in [0.2, 0.25) is 5.02 Å². The van der Waals surface area contributed by atoms with E-state index >= 15 is 0 Å². The van der Waals surface area contributed by atoms with Crippen molar-refractivity contribution in [3.8, 4) is 0 Å². The van der Waals surface area contributed by atoms with E-state index in [2.05, 4.69) is 0 Å². The molecule has 0 aliphatic rings. The summed E-state index contributed by atoms with van der Waals surface area (Å²) in [5, 5.41) is 1.72. The van der Waals surface area contributed by atoms with Crippen molar-refractivity contribution in [2.24, 2.45) is 0 Å². The Balaban J connectivity index is 2.92. The summed E-state index contributed by atoms with van der Waals surface area (Å²) >= 11 is 5.95. The SMILES string of the molecule is Cc1oc2ccccc2c1Cl. The highest BCUT2D eigenvalue weighted by Crippen LogP contribution is 2.28. The van der Waals surface area contributed by atoms with Gasteiger partial charge in [0.25, 0.3) is 0 Å². The Morgan fingerprint density at radius 1 is 1.27 bits per heavy atom. The molecular weight excluding hydrogens is 160 g/mol. The lowest BCUT2D eigenvalue weighted by atomic mass is 10.2. The van der Waals surface area contributed by atoms with Crippen molar-refractivity contribution in [1.82, 2.24) is 0 Å². The number of hydrogen-bond donors (Lipinski definition) is 0. The average Bonchev–Trinajstić information content (AvgIpc) is 2.30. The topological polar surface area (TPSA) is 13.1 Å². The van der Waals surface area contributed by atoms with E-state index in [1.807, 2.05) is 31.2 Å². The third-order valence-electron chi connectivity index (χ3n) is 1.70. The molecule has 56 valence electrons. The van der Waals surface area contributed by atoms with Crippen LogP contribution in [0.1, 0.15) is 5.76 Å². The maximum atomic E-state index is 5.95. The molecule has 0 bridgehead atoms. The summed E-state index contributed by atoms with van der Waals surface area (Å²) in [5.74, 6) is 0.785. The van der Waals surface area contributed by atoms with Gasteiger partial charge in [0.2, 0.25) is 0 Å². The van der Waals surface area contributed by atoms with Crippen molar-refractivity contribution in [2.45, 2.75) is 6.92 Å². The first-order valence-corrected chi connectivity index (χ1v) is 3.80. The molecule has 0 atom stereocenters. The lowest BCUT2D eigenvalue weighted by Gasteiger charge is -1.83. The molecule has 0 amide bonds. The summed E-state index contributed by atoms with van der Waals surface area (Å²) in [4.78, 5) is 0. The van der Waals surface area contributed by atoms with Crippen LogP contribution in [0, 0.1) is 6.92 Å². The molecule has 0 saturated heterocycles. The van der Waals surface area contributed by atoms with E-state index in [0.717, 1.165) is 21.8 Å². The molecule has 0 spiro atoms.